The second-order valence-electron chi connectivity index (χ2n) is 9.51. The zero-order valence-electron chi connectivity index (χ0n) is 22.9. The van der Waals surface area contributed by atoms with Gasteiger partial charge >= 0.3 is 7.12 Å². The fraction of sp³-hybridized carbons (Fsp3) is 0.133. The first kappa shape index (κ1) is 28.9. The van der Waals surface area contributed by atoms with Gasteiger partial charge in [0.05, 0.1) is 0 Å². The zero-order chi connectivity index (χ0) is 28.6. The molecule has 4 heterocycles. The predicted molar refractivity (Wildman–Crippen MR) is 170 cm³/mol. The molecule has 2 aromatic carbocycles. The third kappa shape index (κ3) is 7.50. The molecule has 6 aromatic rings. The summed E-state index contributed by atoms with van der Waals surface area (Å²) in [5, 5.41) is 19.9. The van der Waals surface area contributed by atoms with Crippen LogP contribution in [0.15, 0.2) is 102 Å². The summed E-state index contributed by atoms with van der Waals surface area (Å²) in [6.07, 6.45) is 7.48. The second kappa shape index (κ2) is 13.3. The molecule has 0 fully saturated rings. The molecule has 0 bridgehead atoms. The minimum absolute atomic E-state index is 0.514. The van der Waals surface area contributed by atoms with E-state index in [9.17, 15) is 0 Å². The highest BCUT2D eigenvalue weighted by Crippen LogP contribution is 2.24. The van der Waals surface area contributed by atoms with Crippen LogP contribution in [0.3, 0.4) is 0 Å². The van der Waals surface area contributed by atoms with Crippen molar-refractivity contribution in [1.82, 2.24) is 19.9 Å². The maximum absolute atomic E-state index is 8.80. The molecule has 0 unspecified atom stereocenters. The number of hydrogen-bond acceptors (Lipinski definition) is 6. The van der Waals surface area contributed by atoms with Crippen LogP contribution in [0.25, 0.3) is 33.2 Å². The molecule has 0 radical (unpaired) electrons. The van der Waals surface area contributed by atoms with Crippen LogP contribution < -0.4 is 15.3 Å². The van der Waals surface area contributed by atoms with Crippen LogP contribution in [-0.2, 0) is 0 Å². The molecule has 0 atom stereocenters. The highest BCUT2D eigenvalue weighted by atomic mass is 79.9. The fourth-order valence-electron chi connectivity index (χ4n) is 3.91. The number of anilines is 2. The van der Waals surface area contributed by atoms with Gasteiger partial charge in [0.2, 0.25) is 0 Å². The molecule has 0 saturated carbocycles. The van der Waals surface area contributed by atoms with Crippen molar-refractivity contribution in [3.63, 3.8) is 0 Å². The van der Waals surface area contributed by atoms with Crippen molar-refractivity contribution in [2.75, 3.05) is 38.0 Å². The molecule has 0 aliphatic carbocycles. The largest absolute Gasteiger partial charge is 0.488 e. The van der Waals surface area contributed by atoms with Crippen LogP contribution in [0.5, 0.6) is 0 Å². The summed E-state index contributed by atoms with van der Waals surface area (Å²) < 4.78 is 1.01. The summed E-state index contributed by atoms with van der Waals surface area (Å²) in [6, 6.07) is 23.8. The van der Waals surface area contributed by atoms with Gasteiger partial charge < -0.3 is 29.8 Å². The molecule has 4 N–H and O–H groups in total. The van der Waals surface area contributed by atoms with Gasteiger partial charge in [-0.1, -0.05) is 24.3 Å². The summed E-state index contributed by atoms with van der Waals surface area (Å²) in [5.41, 5.74) is 6.96. The molecule has 6 rings (SSSR count). The summed E-state index contributed by atoms with van der Waals surface area (Å²) in [7, 11) is 6.58. The maximum atomic E-state index is 8.80. The molecule has 10 heteroatoms. The number of aromatic nitrogens is 4. The normalized spacial score (nSPS) is 10.4. The van der Waals surface area contributed by atoms with Crippen molar-refractivity contribution in [3.05, 3.63) is 102 Å². The van der Waals surface area contributed by atoms with Crippen molar-refractivity contribution >= 4 is 62.0 Å². The zero-order valence-corrected chi connectivity index (χ0v) is 24.5. The first-order valence-electron chi connectivity index (χ1n) is 12.6. The lowest BCUT2D eigenvalue weighted by atomic mass is 9.80. The second-order valence-corrected chi connectivity index (χ2v) is 10.4. The van der Waals surface area contributed by atoms with Crippen LogP contribution in [0, 0.1) is 0 Å². The molecule has 40 heavy (non-hydrogen) atoms. The topological polar surface area (TPSA) is 104 Å². The van der Waals surface area contributed by atoms with E-state index in [1.807, 2.05) is 82.0 Å². The van der Waals surface area contributed by atoms with Gasteiger partial charge in [-0.05, 0) is 75.5 Å². The highest BCUT2D eigenvalue weighted by molar-refractivity contribution is 9.10. The van der Waals surface area contributed by atoms with Gasteiger partial charge in [0.15, 0.2) is 0 Å². The molecule has 204 valence electrons. The van der Waals surface area contributed by atoms with Crippen LogP contribution in [0.1, 0.15) is 0 Å². The maximum Gasteiger partial charge on any atom is 0.488 e. The van der Waals surface area contributed by atoms with Gasteiger partial charge in [0, 0.05) is 85.2 Å². The lowest BCUT2D eigenvalue weighted by molar-refractivity contribution is 0.426. The van der Waals surface area contributed by atoms with E-state index in [1.165, 1.54) is 11.3 Å². The Morgan fingerprint density at radius 3 is 1.68 bits per heavy atom. The summed E-state index contributed by atoms with van der Waals surface area (Å²) >= 11 is 3.34. The highest BCUT2D eigenvalue weighted by Gasteiger charge is 2.09. The van der Waals surface area contributed by atoms with E-state index in [0.29, 0.717) is 5.46 Å². The van der Waals surface area contributed by atoms with Crippen molar-refractivity contribution in [2.45, 2.75) is 0 Å². The summed E-state index contributed by atoms with van der Waals surface area (Å²) in [6.45, 7) is 0. The van der Waals surface area contributed by atoms with Crippen LogP contribution in [-0.4, -0.2) is 65.3 Å². The van der Waals surface area contributed by atoms with Crippen molar-refractivity contribution in [1.29, 1.82) is 0 Å². The number of H-pyrrole nitrogens is 2. The number of nitrogens with zero attached hydrogens (tertiary/aromatic N) is 4. The van der Waals surface area contributed by atoms with Crippen molar-refractivity contribution in [3.8, 4) is 11.1 Å². The third-order valence-electron chi connectivity index (χ3n) is 6.19. The Hall–Kier alpha value is -4.12. The van der Waals surface area contributed by atoms with E-state index in [1.54, 1.807) is 18.3 Å². The average molecular weight is 599 g/mol. The average Bonchev–Trinajstić information content (AvgIpc) is 3.62. The summed E-state index contributed by atoms with van der Waals surface area (Å²) in [4.78, 5) is 18.7. The summed E-state index contributed by atoms with van der Waals surface area (Å²) in [5.74, 6) is 0. The quantitative estimate of drug-likeness (QED) is 0.212. The first-order chi connectivity index (χ1) is 19.2. The minimum Gasteiger partial charge on any atom is -0.423 e. The molecule has 0 aliphatic rings. The molecule has 0 saturated heterocycles. The van der Waals surface area contributed by atoms with Crippen LogP contribution in [0.4, 0.5) is 11.4 Å². The Morgan fingerprint density at radius 1 is 0.650 bits per heavy atom. The van der Waals surface area contributed by atoms with E-state index < -0.39 is 7.12 Å². The number of halogens is 1. The minimum atomic E-state index is -1.37. The van der Waals surface area contributed by atoms with E-state index in [2.05, 4.69) is 71.1 Å². The number of aromatic amines is 2. The van der Waals surface area contributed by atoms with E-state index >= 15 is 0 Å². The number of pyridine rings is 2. The van der Waals surface area contributed by atoms with Gasteiger partial charge in [-0.3, -0.25) is 0 Å². The Morgan fingerprint density at radius 2 is 1.15 bits per heavy atom. The van der Waals surface area contributed by atoms with Gasteiger partial charge in [-0.15, -0.1) is 0 Å². The number of nitrogens with one attached hydrogen (secondary N) is 2. The number of benzene rings is 2. The molecule has 4 aromatic heterocycles. The van der Waals surface area contributed by atoms with Crippen molar-refractivity contribution < 1.29 is 10.0 Å². The van der Waals surface area contributed by atoms with Crippen molar-refractivity contribution in [2.24, 2.45) is 0 Å². The fourth-order valence-corrected chi connectivity index (χ4v) is 4.26. The molecular formula is C30H32BBrN6O2. The molecule has 0 amide bonds. The van der Waals surface area contributed by atoms with Crippen LogP contribution >= 0.6 is 15.9 Å². The van der Waals surface area contributed by atoms with Gasteiger partial charge in [-0.2, -0.15) is 0 Å². The SMILES string of the molecule is Brc1cnc2[nH]ccc2c1.CN(C)c1ccc(-c2cnc3[nH]ccc3c2)cc1.CN(C)c1ccc(B(O)O)cc1. The third-order valence-corrected chi connectivity index (χ3v) is 6.63. The Bertz CT molecular complexity index is 1620. The van der Waals surface area contributed by atoms with Gasteiger partial charge in [0.25, 0.3) is 0 Å². The number of rotatable bonds is 4. The smallest absolute Gasteiger partial charge is 0.423 e. The predicted octanol–water partition coefficient (Wildman–Crippen LogP) is 5.05. The van der Waals surface area contributed by atoms with E-state index in [4.69, 9.17) is 10.0 Å². The van der Waals surface area contributed by atoms with Gasteiger partial charge in [-0.25, -0.2) is 9.97 Å². The monoisotopic (exact) mass is 598 g/mol. The molecule has 0 spiro atoms. The Kier molecular flexibility index (Phi) is 9.60. The van der Waals surface area contributed by atoms with Crippen LogP contribution in [0.2, 0.25) is 0 Å². The standard InChI is InChI=1S/C15H15N3.C8H12BNO2.C7H5BrN2/c1-18(2)14-5-3-11(4-6-14)13-9-12-7-8-16-15(12)17-10-13;1-10(2)8-5-3-7(4-6-8)9(11)12;8-6-3-5-1-2-9-7(5)10-4-6/h3-10H,1-2H3,(H,16,17);3-6,11-12H,1-2H3;1-4H,(H,9,10). The number of hydrogen-bond donors (Lipinski definition) is 4. The molecule has 8 nitrogen and oxygen atoms in total. The van der Waals surface area contributed by atoms with E-state index in [-0.39, 0.29) is 0 Å². The lowest BCUT2D eigenvalue weighted by Gasteiger charge is -2.12. The number of fused-ring (bicyclic) bond motifs is 2. The van der Waals surface area contributed by atoms with E-state index in [0.717, 1.165) is 37.8 Å². The Balaban J connectivity index is 0.000000147. The molecule has 0 aliphatic heterocycles. The molecular weight excluding hydrogens is 567 g/mol. The first-order valence-corrected chi connectivity index (χ1v) is 13.4. The van der Waals surface area contributed by atoms with Gasteiger partial charge in [0.1, 0.15) is 11.3 Å². The lowest BCUT2D eigenvalue weighted by Crippen LogP contribution is -2.29. The Labute approximate surface area is 242 Å².